The summed E-state index contributed by atoms with van der Waals surface area (Å²) in [7, 11) is -4.92. The molecule has 0 saturated carbocycles. The van der Waals surface area contributed by atoms with Gasteiger partial charge < -0.3 is 40.7 Å². The van der Waals surface area contributed by atoms with Crippen LogP contribution >= 0.6 is 0 Å². The SMILES string of the molecule is C.C.C[C@@H]1COCCN1c1cc(N=S(C)(C)=O)nc(-c2cc(NC(C)(C)C)nc(C(=O)O)c2)n1.C[C@@H]1COCCN1c1cc(N=S(C)(C)=O)nc(-c2cc(NC(C)(C)C)nc(C(N)=O)c2)n1. The molecule has 1 amide bonds. The zero-order valence-corrected chi connectivity index (χ0v) is 40.3. The maximum atomic E-state index is 12.4. The quantitative estimate of drug-likeness (QED) is 0.128. The molecule has 6 rings (SSSR count). The van der Waals surface area contributed by atoms with E-state index in [-0.39, 0.29) is 61.0 Å². The predicted octanol–water partition coefficient (Wildman–Crippen LogP) is 6.74. The van der Waals surface area contributed by atoms with Gasteiger partial charge in [0.2, 0.25) is 0 Å². The second-order valence-corrected chi connectivity index (χ2v) is 23.4. The molecule has 364 valence electrons. The highest BCUT2D eigenvalue weighted by Crippen LogP contribution is 2.31. The fourth-order valence-corrected chi connectivity index (χ4v) is 7.62. The Bertz CT molecular complexity index is 2440. The number of anilines is 4. The van der Waals surface area contributed by atoms with Crippen LogP contribution < -0.4 is 26.2 Å². The van der Waals surface area contributed by atoms with Crippen LogP contribution in [0, 0.1) is 0 Å². The number of nitrogens with one attached hydrogen (secondary N) is 2. The Hall–Kier alpha value is -5.58. The van der Waals surface area contributed by atoms with Crippen molar-refractivity contribution in [2.24, 2.45) is 14.5 Å². The second kappa shape index (κ2) is 21.8. The summed E-state index contributed by atoms with van der Waals surface area (Å²) in [6.07, 6.45) is 6.17. The number of carbonyl (C=O) groups is 2. The number of pyridine rings is 2. The summed E-state index contributed by atoms with van der Waals surface area (Å²) < 4.78 is 44.4. The van der Waals surface area contributed by atoms with Gasteiger partial charge in [0, 0.05) is 91.9 Å². The monoisotopic (exact) mass is 955 g/mol. The lowest BCUT2D eigenvalue weighted by atomic mass is 10.1. The fraction of sp³-hybridized carbons (Fsp3) is 0.545. The van der Waals surface area contributed by atoms with Gasteiger partial charge in [0.1, 0.15) is 29.0 Å². The van der Waals surface area contributed by atoms with E-state index in [1.807, 2.05) is 55.4 Å². The van der Waals surface area contributed by atoms with E-state index in [1.165, 1.54) is 18.6 Å². The van der Waals surface area contributed by atoms with E-state index >= 15 is 0 Å². The van der Waals surface area contributed by atoms with Crippen molar-refractivity contribution in [3.63, 3.8) is 0 Å². The van der Waals surface area contributed by atoms with Crippen molar-refractivity contribution in [3.05, 3.63) is 47.8 Å². The van der Waals surface area contributed by atoms with Gasteiger partial charge in [-0.15, -0.1) is 0 Å². The largest absolute Gasteiger partial charge is 0.477 e. The molecule has 2 saturated heterocycles. The summed E-state index contributed by atoms with van der Waals surface area (Å²) in [6, 6.07) is 10.1. The lowest BCUT2D eigenvalue weighted by molar-refractivity contribution is 0.0690. The minimum atomic E-state index is -2.47. The number of morpholine rings is 2. The van der Waals surface area contributed by atoms with Crippen molar-refractivity contribution in [3.8, 4) is 22.8 Å². The van der Waals surface area contributed by atoms with Gasteiger partial charge in [-0.1, -0.05) is 14.9 Å². The fourth-order valence-electron chi connectivity index (χ4n) is 6.53. The maximum absolute atomic E-state index is 12.4. The molecule has 0 aromatic carbocycles. The van der Waals surface area contributed by atoms with E-state index in [0.717, 1.165) is 0 Å². The number of aromatic nitrogens is 6. The highest BCUT2D eigenvalue weighted by Gasteiger charge is 2.25. The van der Waals surface area contributed by atoms with Crippen LogP contribution in [0.4, 0.5) is 34.9 Å². The summed E-state index contributed by atoms with van der Waals surface area (Å²) in [5, 5.41) is 16.0. The molecule has 6 heterocycles. The Morgan fingerprint density at radius 2 is 1.05 bits per heavy atom. The minimum absolute atomic E-state index is 0. The molecule has 0 spiro atoms. The van der Waals surface area contributed by atoms with E-state index in [4.69, 9.17) is 25.2 Å². The van der Waals surface area contributed by atoms with Gasteiger partial charge in [-0.05, 0) is 79.7 Å². The molecule has 2 aliphatic heterocycles. The van der Waals surface area contributed by atoms with Crippen LogP contribution in [-0.2, 0) is 28.9 Å². The highest BCUT2D eigenvalue weighted by atomic mass is 32.2. The average Bonchev–Trinajstić information content (AvgIpc) is 3.15. The van der Waals surface area contributed by atoms with Crippen molar-refractivity contribution in [1.82, 2.24) is 29.9 Å². The Morgan fingerprint density at radius 3 is 1.38 bits per heavy atom. The van der Waals surface area contributed by atoms with Gasteiger partial charge in [-0.25, -0.2) is 43.1 Å². The van der Waals surface area contributed by atoms with Gasteiger partial charge in [0.05, 0.1) is 38.5 Å². The van der Waals surface area contributed by atoms with Crippen LogP contribution in [0.25, 0.3) is 22.8 Å². The highest BCUT2D eigenvalue weighted by molar-refractivity contribution is 7.92. The molecule has 0 aliphatic carbocycles. The number of rotatable bonds is 10. The molecule has 22 heteroatoms. The summed E-state index contributed by atoms with van der Waals surface area (Å²) in [4.78, 5) is 54.8. The van der Waals surface area contributed by atoms with Gasteiger partial charge in [-0.3, -0.25) is 4.79 Å². The summed E-state index contributed by atoms with van der Waals surface area (Å²) in [5.74, 6) is 1.53. The number of carboxylic acid groups (broad SMARTS) is 1. The first-order valence-corrected chi connectivity index (χ1v) is 25.2. The number of nitrogens with zero attached hydrogens (tertiary/aromatic N) is 10. The van der Waals surface area contributed by atoms with E-state index in [1.54, 1.807) is 42.8 Å². The number of nitrogens with two attached hydrogens (primary N) is 1. The zero-order valence-electron chi connectivity index (χ0n) is 38.6. The number of amides is 1. The second-order valence-electron chi connectivity index (χ2n) is 18.3. The molecule has 2 aliphatic rings. The summed E-state index contributed by atoms with van der Waals surface area (Å²) in [6.45, 7) is 19.5. The van der Waals surface area contributed by atoms with E-state index < -0.39 is 31.3 Å². The Labute approximate surface area is 390 Å². The summed E-state index contributed by atoms with van der Waals surface area (Å²) in [5.41, 5.74) is 5.90. The van der Waals surface area contributed by atoms with E-state index in [2.05, 4.69) is 49.1 Å². The van der Waals surface area contributed by atoms with Gasteiger partial charge in [-0.2, -0.15) is 8.73 Å². The number of carboxylic acids is 1. The first-order valence-electron chi connectivity index (χ1n) is 20.6. The maximum Gasteiger partial charge on any atom is 0.354 e. The number of ether oxygens (including phenoxy) is 2. The topological polar surface area (TPSA) is 266 Å². The number of carbonyl (C=O) groups excluding carboxylic acids is 1. The number of hydrogen-bond donors (Lipinski definition) is 4. The molecular formula is C44H69N13O7S2. The Balaban J connectivity index is 0.000000340. The minimum Gasteiger partial charge on any atom is -0.477 e. The smallest absolute Gasteiger partial charge is 0.354 e. The molecule has 20 nitrogen and oxygen atoms in total. The molecule has 66 heavy (non-hydrogen) atoms. The third kappa shape index (κ3) is 16.4. The molecule has 5 N–H and O–H groups in total. The first-order chi connectivity index (χ1) is 29.6. The molecule has 2 atom stereocenters. The average molecular weight is 956 g/mol. The lowest BCUT2D eigenvalue weighted by Crippen LogP contribution is -2.44. The normalized spacial score (nSPS) is 16.7. The van der Waals surface area contributed by atoms with Crippen molar-refractivity contribution < 1.29 is 32.6 Å². The standard InChI is InChI=1S/C21H31N7O3S.C21H30N6O4S.2CH4/c1-13-12-31-8-7-28(13)18-11-17(27-32(5,6)30)24-20(25-18)14-9-15(19(22)29)23-16(10-14)26-21(2,3)4;1-13-12-31-8-7-27(13)18-11-17(26-32(5,6)30)23-19(24-18)14-9-15(20(28)29)22-16(10-14)25-21(2,3)4;;/h9-11,13H,7-8,12H2,1-6H3,(H2,22,29)(H,23,26);9-11,13H,7-8,12H2,1-6H3,(H,22,25)(H,28,29);2*1H4/t2*13-;;/m11../s1. The number of hydrogen-bond acceptors (Lipinski definition) is 18. The van der Waals surface area contributed by atoms with Crippen LogP contribution in [-0.4, -0.2) is 143 Å². The van der Waals surface area contributed by atoms with Gasteiger partial charge in [0.25, 0.3) is 5.91 Å². The molecule has 4 aromatic heterocycles. The van der Waals surface area contributed by atoms with Crippen LogP contribution in [0.5, 0.6) is 0 Å². The predicted molar refractivity (Wildman–Crippen MR) is 266 cm³/mol. The third-order valence-corrected chi connectivity index (χ3v) is 10.2. The van der Waals surface area contributed by atoms with Gasteiger partial charge in [0.15, 0.2) is 29.0 Å². The first kappa shape index (κ1) is 54.8. The van der Waals surface area contributed by atoms with Crippen LogP contribution in [0.2, 0.25) is 0 Å². The molecule has 4 aromatic rings. The van der Waals surface area contributed by atoms with Gasteiger partial charge >= 0.3 is 5.97 Å². The zero-order chi connectivity index (χ0) is 47.4. The van der Waals surface area contributed by atoms with E-state index in [0.29, 0.717) is 85.6 Å². The number of aromatic carboxylic acids is 1. The number of primary amides is 1. The van der Waals surface area contributed by atoms with Crippen LogP contribution in [0.1, 0.15) is 91.2 Å². The lowest BCUT2D eigenvalue weighted by Gasteiger charge is -2.34. The molecular weight excluding hydrogens is 887 g/mol. The molecule has 0 radical (unpaired) electrons. The molecule has 2 fully saturated rings. The van der Waals surface area contributed by atoms with Crippen molar-refractivity contribution in [2.45, 2.75) is 93.4 Å². The Morgan fingerprint density at radius 1 is 0.667 bits per heavy atom. The Kier molecular flexibility index (Phi) is 18.1. The van der Waals surface area contributed by atoms with E-state index in [9.17, 15) is 23.1 Å². The van der Waals surface area contributed by atoms with Crippen LogP contribution in [0.3, 0.4) is 0 Å². The van der Waals surface area contributed by atoms with Crippen molar-refractivity contribution in [1.29, 1.82) is 0 Å². The molecule has 0 bridgehead atoms. The summed E-state index contributed by atoms with van der Waals surface area (Å²) >= 11 is 0. The molecule has 0 unspecified atom stereocenters. The van der Waals surface area contributed by atoms with Crippen molar-refractivity contribution >= 4 is 66.2 Å². The van der Waals surface area contributed by atoms with Crippen molar-refractivity contribution in [2.75, 3.05) is 85.0 Å². The van der Waals surface area contributed by atoms with Crippen LogP contribution in [0.15, 0.2) is 45.1 Å². The third-order valence-electron chi connectivity index (χ3n) is 8.99.